The number of amides is 1. The Hall–Kier alpha value is -0.570. The third-order valence-corrected chi connectivity index (χ3v) is 4.22. The molecule has 0 radical (unpaired) electrons. The van der Waals surface area contributed by atoms with E-state index in [1.165, 1.54) is 25.7 Å². The third-order valence-electron chi connectivity index (χ3n) is 4.22. The van der Waals surface area contributed by atoms with Crippen LogP contribution in [0.5, 0.6) is 0 Å². The summed E-state index contributed by atoms with van der Waals surface area (Å²) in [6, 6.07) is 0. The topological polar surface area (TPSA) is 46.3 Å². The van der Waals surface area contributed by atoms with Crippen LogP contribution in [0.1, 0.15) is 79.6 Å². The van der Waals surface area contributed by atoms with Crippen molar-refractivity contribution in [2.75, 3.05) is 6.54 Å². The first-order valence-corrected chi connectivity index (χ1v) is 8.72. The van der Waals surface area contributed by atoms with Gasteiger partial charge in [-0.2, -0.15) is 0 Å². The number of likely N-dealkylation sites (tertiary alicyclic amines) is 1. The normalized spacial score (nSPS) is 28.9. The van der Waals surface area contributed by atoms with Crippen LogP contribution in [0.4, 0.5) is 0 Å². The second-order valence-corrected chi connectivity index (χ2v) is 5.63. The predicted molar refractivity (Wildman–Crippen MR) is 87.4 cm³/mol. The van der Waals surface area contributed by atoms with E-state index >= 15 is 0 Å². The lowest BCUT2D eigenvalue weighted by Crippen LogP contribution is -2.41. The van der Waals surface area contributed by atoms with Crippen LogP contribution in [0.15, 0.2) is 0 Å². The highest BCUT2D eigenvalue weighted by atomic mass is 16.2. The Balaban J connectivity index is 0.000000829. The van der Waals surface area contributed by atoms with E-state index in [2.05, 4.69) is 6.92 Å². The van der Waals surface area contributed by atoms with E-state index in [-0.39, 0.29) is 6.17 Å². The summed E-state index contributed by atoms with van der Waals surface area (Å²) in [5, 5.41) is 0. The van der Waals surface area contributed by atoms with Gasteiger partial charge in [0, 0.05) is 13.0 Å². The number of hydrogen-bond acceptors (Lipinski definition) is 2. The number of hydrogen-bond donors (Lipinski definition) is 1. The van der Waals surface area contributed by atoms with Crippen LogP contribution in [-0.2, 0) is 4.79 Å². The second-order valence-electron chi connectivity index (χ2n) is 5.63. The average molecular weight is 284 g/mol. The number of carbonyl (C=O) groups is 1. The van der Waals surface area contributed by atoms with Gasteiger partial charge in [-0.05, 0) is 37.5 Å². The fourth-order valence-corrected chi connectivity index (χ4v) is 3.00. The number of rotatable bonds is 2. The van der Waals surface area contributed by atoms with Gasteiger partial charge < -0.3 is 10.6 Å². The van der Waals surface area contributed by atoms with Crippen LogP contribution in [-0.4, -0.2) is 23.5 Å². The molecule has 2 fully saturated rings. The molecule has 0 aromatic heterocycles. The molecule has 2 aliphatic rings. The van der Waals surface area contributed by atoms with E-state index in [0.717, 1.165) is 31.7 Å². The van der Waals surface area contributed by atoms with E-state index in [9.17, 15) is 4.79 Å². The monoisotopic (exact) mass is 284 g/mol. The van der Waals surface area contributed by atoms with Crippen molar-refractivity contribution in [3.05, 3.63) is 0 Å². The first kappa shape index (κ1) is 19.4. The van der Waals surface area contributed by atoms with Gasteiger partial charge in [-0.3, -0.25) is 4.79 Å². The zero-order chi connectivity index (χ0) is 15.5. The molecule has 1 unspecified atom stereocenters. The van der Waals surface area contributed by atoms with Gasteiger partial charge in [0.05, 0.1) is 6.17 Å². The number of carbonyl (C=O) groups excluding carboxylic acids is 1. The summed E-state index contributed by atoms with van der Waals surface area (Å²) in [5.41, 5.74) is 5.91. The van der Waals surface area contributed by atoms with Crippen molar-refractivity contribution in [3.8, 4) is 0 Å². The first-order valence-electron chi connectivity index (χ1n) is 8.72. The summed E-state index contributed by atoms with van der Waals surface area (Å²) in [4.78, 5) is 13.9. The number of nitrogens with two attached hydrogens (primary N) is 1. The molecule has 120 valence electrons. The minimum Gasteiger partial charge on any atom is -0.327 e. The Bertz CT molecular complexity index is 247. The maximum absolute atomic E-state index is 12.1. The largest absolute Gasteiger partial charge is 0.327 e. The molecule has 3 nitrogen and oxygen atoms in total. The summed E-state index contributed by atoms with van der Waals surface area (Å²) >= 11 is 0. The van der Waals surface area contributed by atoms with E-state index in [4.69, 9.17) is 5.73 Å². The van der Waals surface area contributed by atoms with Crippen molar-refractivity contribution in [1.29, 1.82) is 0 Å². The van der Waals surface area contributed by atoms with Gasteiger partial charge in [0.1, 0.15) is 0 Å². The van der Waals surface area contributed by atoms with E-state index < -0.39 is 0 Å². The quantitative estimate of drug-likeness (QED) is 0.827. The summed E-state index contributed by atoms with van der Waals surface area (Å²) in [6.45, 7) is 11.2. The van der Waals surface area contributed by atoms with E-state index in [0.29, 0.717) is 11.8 Å². The Morgan fingerprint density at radius 3 is 2.05 bits per heavy atom. The third kappa shape index (κ3) is 6.25. The van der Waals surface area contributed by atoms with Gasteiger partial charge in [-0.15, -0.1) is 0 Å². The van der Waals surface area contributed by atoms with Crippen LogP contribution in [0.3, 0.4) is 0 Å². The lowest BCUT2D eigenvalue weighted by molar-refractivity contribution is -0.133. The van der Waals surface area contributed by atoms with Crippen molar-refractivity contribution in [3.63, 3.8) is 0 Å². The van der Waals surface area contributed by atoms with Crippen molar-refractivity contribution in [1.82, 2.24) is 4.90 Å². The molecular weight excluding hydrogens is 248 g/mol. The Kier molecular flexibility index (Phi) is 10.8. The molecule has 1 heterocycles. The zero-order valence-corrected chi connectivity index (χ0v) is 14.3. The maximum Gasteiger partial charge on any atom is 0.224 e. The predicted octanol–water partition coefficient (Wildman–Crippen LogP) is 4.16. The van der Waals surface area contributed by atoms with Crippen molar-refractivity contribution >= 4 is 5.91 Å². The number of nitrogens with zero attached hydrogens (tertiary/aromatic N) is 1. The van der Waals surface area contributed by atoms with E-state index in [1.54, 1.807) is 0 Å². The van der Waals surface area contributed by atoms with Gasteiger partial charge in [0.25, 0.3) is 0 Å². The Morgan fingerprint density at radius 2 is 1.60 bits per heavy atom. The molecule has 0 spiro atoms. The second kappa shape index (κ2) is 11.1. The van der Waals surface area contributed by atoms with Crippen LogP contribution < -0.4 is 5.73 Å². The molecular formula is C17H36N2O. The van der Waals surface area contributed by atoms with Crippen LogP contribution in [0.25, 0.3) is 0 Å². The summed E-state index contributed by atoms with van der Waals surface area (Å²) in [7, 11) is 0. The van der Waals surface area contributed by atoms with Crippen LogP contribution in [0, 0.1) is 11.8 Å². The van der Waals surface area contributed by atoms with Crippen molar-refractivity contribution in [2.24, 2.45) is 17.6 Å². The summed E-state index contributed by atoms with van der Waals surface area (Å²) in [5.74, 6) is 1.78. The van der Waals surface area contributed by atoms with Gasteiger partial charge in [0.2, 0.25) is 5.91 Å². The first-order chi connectivity index (χ1) is 9.66. The van der Waals surface area contributed by atoms with Crippen LogP contribution in [0.2, 0.25) is 0 Å². The van der Waals surface area contributed by atoms with Gasteiger partial charge >= 0.3 is 0 Å². The fraction of sp³-hybridized carbons (Fsp3) is 0.941. The summed E-state index contributed by atoms with van der Waals surface area (Å²) in [6.07, 6.45) is 7.85. The SMILES string of the molecule is CC.CC.CC1CCC(CC(=O)N2CCCC2N)CC1. The van der Waals surface area contributed by atoms with E-state index in [1.807, 2.05) is 32.6 Å². The lowest BCUT2D eigenvalue weighted by Gasteiger charge is -2.28. The molecule has 0 aromatic carbocycles. The molecule has 1 aliphatic carbocycles. The highest BCUT2D eigenvalue weighted by Crippen LogP contribution is 2.31. The fourth-order valence-electron chi connectivity index (χ4n) is 3.00. The zero-order valence-electron chi connectivity index (χ0n) is 14.3. The van der Waals surface area contributed by atoms with Crippen molar-refractivity contribution in [2.45, 2.75) is 85.7 Å². The molecule has 20 heavy (non-hydrogen) atoms. The van der Waals surface area contributed by atoms with Crippen molar-refractivity contribution < 1.29 is 4.79 Å². The van der Waals surface area contributed by atoms with Gasteiger partial charge in [0.15, 0.2) is 0 Å². The minimum atomic E-state index is -0.00462. The Labute approximate surface area is 126 Å². The molecule has 1 atom stereocenters. The van der Waals surface area contributed by atoms with Gasteiger partial charge in [-0.25, -0.2) is 0 Å². The summed E-state index contributed by atoms with van der Waals surface area (Å²) < 4.78 is 0. The average Bonchev–Trinajstić information content (AvgIpc) is 2.92. The molecule has 2 N–H and O–H groups in total. The molecule has 0 bridgehead atoms. The minimum absolute atomic E-state index is 0.00462. The molecule has 2 rings (SSSR count). The molecule has 1 amide bonds. The van der Waals surface area contributed by atoms with Gasteiger partial charge in [-0.1, -0.05) is 47.5 Å². The highest BCUT2D eigenvalue weighted by molar-refractivity contribution is 5.77. The molecule has 1 aliphatic heterocycles. The highest BCUT2D eigenvalue weighted by Gasteiger charge is 2.28. The Morgan fingerprint density at radius 1 is 1.05 bits per heavy atom. The molecule has 0 aromatic rings. The molecule has 1 saturated heterocycles. The standard InChI is InChI=1S/C13H24N2O.2C2H6/c1-10-4-6-11(7-5-10)9-13(16)15-8-2-3-12(15)14;2*1-2/h10-12H,2-9,14H2,1H3;2*1-2H3. The maximum atomic E-state index is 12.1. The molecule has 1 saturated carbocycles. The smallest absolute Gasteiger partial charge is 0.224 e. The molecule has 3 heteroatoms. The lowest BCUT2D eigenvalue weighted by atomic mass is 9.81. The van der Waals surface area contributed by atoms with Crippen LogP contribution >= 0.6 is 0 Å².